The van der Waals surface area contributed by atoms with Crippen LogP contribution in [-0.2, 0) is 6.61 Å². The smallest absolute Gasteiger partial charge is 0.125 e. The first-order valence-corrected chi connectivity index (χ1v) is 6.71. The molecule has 1 fully saturated rings. The number of anilines is 1. The molecule has 3 heteroatoms. The summed E-state index contributed by atoms with van der Waals surface area (Å²) in [4.78, 5) is 2.22. The van der Waals surface area contributed by atoms with Gasteiger partial charge in [0.25, 0.3) is 0 Å². The summed E-state index contributed by atoms with van der Waals surface area (Å²) in [6.07, 6.45) is 3.49. The first-order chi connectivity index (χ1) is 8.56. The lowest BCUT2D eigenvalue weighted by atomic mass is 9.78. The van der Waals surface area contributed by atoms with Gasteiger partial charge in [0.15, 0.2) is 0 Å². The molecular formula is C15H22FNO. The van der Waals surface area contributed by atoms with E-state index in [0.29, 0.717) is 11.0 Å². The van der Waals surface area contributed by atoms with Gasteiger partial charge >= 0.3 is 0 Å². The van der Waals surface area contributed by atoms with E-state index in [1.807, 2.05) is 6.07 Å². The molecular weight excluding hydrogens is 229 g/mol. The van der Waals surface area contributed by atoms with Crippen LogP contribution in [0.5, 0.6) is 0 Å². The summed E-state index contributed by atoms with van der Waals surface area (Å²) in [6.45, 7) is 6.40. The number of piperidine rings is 1. The van der Waals surface area contributed by atoms with E-state index in [4.69, 9.17) is 5.11 Å². The Hall–Kier alpha value is -1.09. The van der Waals surface area contributed by atoms with Crippen LogP contribution in [0.15, 0.2) is 18.2 Å². The Morgan fingerprint density at radius 2 is 1.94 bits per heavy atom. The highest BCUT2D eigenvalue weighted by Crippen LogP contribution is 2.35. The average Bonchev–Trinajstić information content (AvgIpc) is 2.39. The van der Waals surface area contributed by atoms with Crippen molar-refractivity contribution in [2.24, 2.45) is 5.41 Å². The second kappa shape index (κ2) is 5.27. The predicted octanol–water partition coefficient (Wildman–Crippen LogP) is 3.33. The van der Waals surface area contributed by atoms with Crippen LogP contribution in [0.2, 0.25) is 0 Å². The molecule has 0 aliphatic carbocycles. The summed E-state index contributed by atoms with van der Waals surface area (Å²) >= 11 is 0. The lowest BCUT2D eigenvalue weighted by Gasteiger charge is -2.40. The van der Waals surface area contributed by atoms with Crippen molar-refractivity contribution in [3.05, 3.63) is 29.6 Å². The predicted molar refractivity (Wildman–Crippen MR) is 72.2 cm³/mol. The third kappa shape index (κ3) is 2.83. The molecule has 1 aliphatic rings. The first kappa shape index (κ1) is 13.3. The van der Waals surface area contributed by atoms with Gasteiger partial charge in [0, 0.05) is 18.8 Å². The largest absolute Gasteiger partial charge is 0.392 e. The maximum atomic E-state index is 13.5. The summed E-state index contributed by atoms with van der Waals surface area (Å²) in [7, 11) is 0. The Kier molecular flexibility index (Phi) is 3.91. The monoisotopic (exact) mass is 251 g/mol. The highest BCUT2D eigenvalue weighted by atomic mass is 19.1. The van der Waals surface area contributed by atoms with Crippen molar-refractivity contribution in [1.29, 1.82) is 0 Å². The molecule has 1 heterocycles. The topological polar surface area (TPSA) is 23.5 Å². The van der Waals surface area contributed by atoms with E-state index in [2.05, 4.69) is 18.7 Å². The molecule has 18 heavy (non-hydrogen) atoms. The highest BCUT2D eigenvalue weighted by molar-refractivity contribution is 5.49. The van der Waals surface area contributed by atoms with Gasteiger partial charge in [-0.15, -0.1) is 0 Å². The van der Waals surface area contributed by atoms with Crippen LogP contribution < -0.4 is 4.90 Å². The van der Waals surface area contributed by atoms with Gasteiger partial charge < -0.3 is 10.0 Å². The SMILES string of the molecule is CCC1(C)CCN(c2cc(F)cc(CO)c2)CC1. The van der Waals surface area contributed by atoms with E-state index in [1.165, 1.54) is 12.5 Å². The van der Waals surface area contributed by atoms with Crippen LogP contribution in [0.3, 0.4) is 0 Å². The van der Waals surface area contributed by atoms with Crippen LogP contribution in [0, 0.1) is 11.2 Å². The van der Waals surface area contributed by atoms with Crippen molar-refractivity contribution in [2.75, 3.05) is 18.0 Å². The fraction of sp³-hybridized carbons (Fsp3) is 0.600. The normalized spacial score (nSPS) is 19.0. The minimum absolute atomic E-state index is 0.106. The number of rotatable bonds is 3. The van der Waals surface area contributed by atoms with Crippen molar-refractivity contribution in [3.63, 3.8) is 0 Å². The molecule has 1 saturated heterocycles. The molecule has 0 aromatic heterocycles. The highest BCUT2D eigenvalue weighted by Gasteiger charge is 2.28. The first-order valence-electron chi connectivity index (χ1n) is 6.71. The van der Waals surface area contributed by atoms with Gasteiger partial charge in [-0.3, -0.25) is 0 Å². The number of aliphatic hydroxyl groups is 1. The van der Waals surface area contributed by atoms with E-state index >= 15 is 0 Å². The summed E-state index contributed by atoms with van der Waals surface area (Å²) < 4.78 is 13.5. The maximum Gasteiger partial charge on any atom is 0.125 e. The Bertz CT molecular complexity index is 411. The molecule has 0 spiro atoms. The van der Waals surface area contributed by atoms with Crippen molar-refractivity contribution in [2.45, 2.75) is 39.7 Å². The molecule has 0 radical (unpaired) electrons. The van der Waals surface area contributed by atoms with Crippen LogP contribution in [-0.4, -0.2) is 18.2 Å². The number of hydrogen-bond donors (Lipinski definition) is 1. The van der Waals surface area contributed by atoms with Crippen LogP contribution in [0.4, 0.5) is 10.1 Å². The standard InChI is InChI=1S/C15H22FNO/c1-3-15(2)4-6-17(7-5-15)14-9-12(11-18)8-13(16)10-14/h8-10,18H,3-7,11H2,1-2H3. The van der Waals surface area contributed by atoms with Crippen molar-refractivity contribution in [1.82, 2.24) is 0 Å². The molecule has 100 valence electrons. The zero-order chi connectivity index (χ0) is 13.2. The molecule has 0 amide bonds. The van der Waals surface area contributed by atoms with Crippen LogP contribution in [0.25, 0.3) is 0 Å². The molecule has 1 aliphatic heterocycles. The molecule has 2 nitrogen and oxygen atoms in total. The van der Waals surface area contributed by atoms with Crippen LogP contribution >= 0.6 is 0 Å². The Labute approximate surface area is 108 Å². The molecule has 1 N–H and O–H groups in total. The van der Waals surface area contributed by atoms with Gasteiger partial charge in [0.1, 0.15) is 5.82 Å². The Morgan fingerprint density at radius 3 is 2.50 bits per heavy atom. The summed E-state index contributed by atoms with van der Waals surface area (Å²) in [6, 6.07) is 4.84. The zero-order valence-corrected chi connectivity index (χ0v) is 11.2. The van der Waals surface area contributed by atoms with Gasteiger partial charge in [0.05, 0.1) is 6.61 Å². The molecule has 2 rings (SSSR count). The summed E-state index contributed by atoms with van der Waals surface area (Å²) in [5.41, 5.74) is 1.98. The average molecular weight is 251 g/mol. The maximum absolute atomic E-state index is 13.5. The van der Waals surface area contributed by atoms with Crippen molar-refractivity contribution < 1.29 is 9.50 Å². The molecule has 1 aromatic rings. The minimum atomic E-state index is -0.264. The van der Waals surface area contributed by atoms with Gasteiger partial charge in [-0.25, -0.2) is 4.39 Å². The number of nitrogens with zero attached hydrogens (tertiary/aromatic N) is 1. The third-order valence-electron chi connectivity index (χ3n) is 4.31. The molecule has 0 unspecified atom stereocenters. The Balaban J connectivity index is 2.12. The van der Waals surface area contributed by atoms with Crippen molar-refractivity contribution in [3.8, 4) is 0 Å². The fourth-order valence-electron chi connectivity index (χ4n) is 2.57. The third-order valence-corrected chi connectivity index (χ3v) is 4.31. The fourth-order valence-corrected chi connectivity index (χ4v) is 2.57. The second-order valence-corrected chi connectivity index (χ2v) is 5.63. The van der Waals surface area contributed by atoms with Gasteiger partial charge in [-0.2, -0.15) is 0 Å². The van der Waals surface area contributed by atoms with Crippen LogP contribution in [0.1, 0.15) is 38.7 Å². The number of hydrogen-bond acceptors (Lipinski definition) is 2. The number of halogens is 1. The number of benzene rings is 1. The minimum Gasteiger partial charge on any atom is -0.392 e. The van der Waals surface area contributed by atoms with E-state index < -0.39 is 0 Å². The molecule has 0 atom stereocenters. The van der Waals surface area contributed by atoms with E-state index in [1.54, 1.807) is 6.07 Å². The van der Waals surface area contributed by atoms with Gasteiger partial charge in [-0.05, 0) is 42.0 Å². The van der Waals surface area contributed by atoms with E-state index in [-0.39, 0.29) is 12.4 Å². The Morgan fingerprint density at radius 1 is 1.28 bits per heavy atom. The lowest BCUT2D eigenvalue weighted by Crippen LogP contribution is -2.38. The summed E-state index contributed by atoms with van der Waals surface area (Å²) in [5.74, 6) is -0.264. The molecule has 0 saturated carbocycles. The van der Waals surface area contributed by atoms with E-state index in [9.17, 15) is 4.39 Å². The van der Waals surface area contributed by atoms with Gasteiger partial charge in [-0.1, -0.05) is 20.3 Å². The van der Waals surface area contributed by atoms with Gasteiger partial charge in [0.2, 0.25) is 0 Å². The molecule has 0 bridgehead atoms. The quantitative estimate of drug-likeness (QED) is 0.890. The summed E-state index contributed by atoms with van der Waals surface area (Å²) in [5, 5.41) is 9.12. The number of aliphatic hydroxyl groups excluding tert-OH is 1. The zero-order valence-electron chi connectivity index (χ0n) is 11.2. The molecule has 1 aromatic carbocycles. The van der Waals surface area contributed by atoms with Crippen molar-refractivity contribution >= 4 is 5.69 Å². The lowest BCUT2D eigenvalue weighted by molar-refractivity contribution is 0.238. The van der Waals surface area contributed by atoms with E-state index in [0.717, 1.165) is 31.6 Å². The second-order valence-electron chi connectivity index (χ2n) is 5.63.